The standard InChI is InChI=1S/C24H41N/c1-24-16-18-12-6-7-13-19(18)23(24)25(2)21-15-9-8-14-20(21)22(24)17-10-4-3-5-11-17/h17-23H,3-16H2,1-2H3/t18-,19?,20?,21?,22-,23?,24?/m0/s1. The van der Waals surface area contributed by atoms with Crippen LogP contribution in [0.5, 0.6) is 0 Å². The Labute approximate surface area is 156 Å². The van der Waals surface area contributed by atoms with Crippen molar-refractivity contribution in [3.05, 3.63) is 0 Å². The Morgan fingerprint density at radius 1 is 0.680 bits per heavy atom. The van der Waals surface area contributed by atoms with Crippen LogP contribution in [0.3, 0.4) is 0 Å². The molecule has 0 aromatic carbocycles. The van der Waals surface area contributed by atoms with Gasteiger partial charge >= 0.3 is 0 Å². The Kier molecular flexibility index (Phi) is 4.47. The smallest absolute Gasteiger partial charge is 0.0183 e. The average Bonchev–Trinajstić information content (AvgIpc) is 2.95. The molecule has 1 nitrogen and oxygen atoms in total. The molecule has 4 aliphatic carbocycles. The Hall–Kier alpha value is -0.0400. The highest BCUT2D eigenvalue weighted by atomic mass is 15.2. The molecule has 0 N–H and O–H groups in total. The third-order valence-electron chi connectivity index (χ3n) is 9.88. The maximum Gasteiger partial charge on any atom is 0.0183 e. The third kappa shape index (κ3) is 2.58. The Balaban J connectivity index is 1.54. The van der Waals surface area contributed by atoms with E-state index < -0.39 is 0 Å². The lowest BCUT2D eigenvalue weighted by molar-refractivity contribution is -0.123. The van der Waals surface area contributed by atoms with Gasteiger partial charge in [-0.25, -0.2) is 0 Å². The zero-order chi connectivity index (χ0) is 17.0. The van der Waals surface area contributed by atoms with Crippen molar-refractivity contribution in [2.24, 2.45) is 35.0 Å². The zero-order valence-electron chi connectivity index (χ0n) is 16.9. The van der Waals surface area contributed by atoms with Gasteiger partial charge in [-0.05, 0) is 67.7 Å². The van der Waals surface area contributed by atoms with Crippen LogP contribution in [0.4, 0.5) is 0 Å². The molecule has 0 spiro atoms. The zero-order valence-corrected chi connectivity index (χ0v) is 16.9. The number of rotatable bonds is 1. The molecule has 1 heteroatoms. The summed E-state index contributed by atoms with van der Waals surface area (Å²) in [5.74, 6) is 5.27. The van der Waals surface area contributed by atoms with E-state index >= 15 is 0 Å². The van der Waals surface area contributed by atoms with Gasteiger partial charge in [-0.15, -0.1) is 0 Å². The van der Waals surface area contributed by atoms with E-state index in [4.69, 9.17) is 0 Å². The fraction of sp³-hybridized carbons (Fsp3) is 1.00. The molecule has 25 heavy (non-hydrogen) atoms. The molecule has 5 unspecified atom stereocenters. The van der Waals surface area contributed by atoms with Crippen molar-refractivity contribution in [3.8, 4) is 0 Å². The number of fused-ring (bicyclic) bond motifs is 4. The molecule has 1 heterocycles. The van der Waals surface area contributed by atoms with Gasteiger partial charge < -0.3 is 0 Å². The minimum atomic E-state index is 0.634. The van der Waals surface area contributed by atoms with Crippen LogP contribution in [-0.4, -0.2) is 24.0 Å². The molecule has 1 saturated heterocycles. The van der Waals surface area contributed by atoms with E-state index in [9.17, 15) is 0 Å². The Bertz CT molecular complexity index is 480. The van der Waals surface area contributed by atoms with E-state index in [2.05, 4.69) is 18.9 Å². The molecule has 1 aliphatic heterocycles. The Morgan fingerprint density at radius 3 is 2.08 bits per heavy atom. The van der Waals surface area contributed by atoms with E-state index in [0.717, 1.165) is 41.7 Å². The van der Waals surface area contributed by atoms with Crippen LogP contribution < -0.4 is 0 Å². The molecule has 5 fully saturated rings. The van der Waals surface area contributed by atoms with E-state index in [-0.39, 0.29) is 0 Å². The maximum absolute atomic E-state index is 2.99. The molecule has 0 amide bonds. The third-order valence-corrected chi connectivity index (χ3v) is 9.88. The van der Waals surface area contributed by atoms with Gasteiger partial charge in [0.25, 0.3) is 0 Å². The SMILES string of the molecule is CN1C2CCCCC2[C@H](C2CCCCC2)C2(C)C[C@@H]3CCCCC3C12. The summed E-state index contributed by atoms with van der Waals surface area (Å²) in [5, 5.41) is 0. The maximum atomic E-state index is 2.99. The van der Waals surface area contributed by atoms with E-state index in [1.807, 2.05) is 0 Å². The van der Waals surface area contributed by atoms with Crippen LogP contribution in [0.15, 0.2) is 0 Å². The summed E-state index contributed by atoms with van der Waals surface area (Å²) in [6, 6.07) is 1.85. The predicted molar refractivity (Wildman–Crippen MR) is 106 cm³/mol. The molecule has 5 aliphatic rings. The van der Waals surface area contributed by atoms with Gasteiger partial charge in [0.1, 0.15) is 0 Å². The van der Waals surface area contributed by atoms with Crippen LogP contribution in [0.2, 0.25) is 0 Å². The molecular formula is C24H41N. The van der Waals surface area contributed by atoms with Crippen molar-refractivity contribution in [1.82, 2.24) is 4.90 Å². The highest BCUT2D eigenvalue weighted by Gasteiger charge is 2.63. The topological polar surface area (TPSA) is 3.24 Å². The summed E-state index contributed by atoms with van der Waals surface area (Å²) in [4.78, 5) is 2.99. The van der Waals surface area contributed by atoms with E-state index in [1.54, 1.807) is 38.5 Å². The van der Waals surface area contributed by atoms with Crippen molar-refractivity contribution < 1.29 is 0 Å². The highest BCUT2D eigenvalue weighted by molar-refractivity contribution is 5.14. The van der Waals surface area contributed by atoms with Crippen molar-refractivity contribution in [3.63, 3.8) is 0 Å². The van der Waals surface area contributed by atoms with Crippen LogP contribution >= 0.6 is 0 Å². The molecule has 0 radical (unpaired) electrons. The second-order valence-electron chi connectivity index (χ2n) is 11.0. The fourth-order valence-corrected chi connectivity index (χ4v) is 9.32. The van der Waals surface area contributed by atoms with Gasteiger partial charge in [0.05, 0.1) is 0 Å². The van der Waals surface area contributed by atoms with Crippen molar-refractivity contribution in [1.29, 1.82) is 0 Å². The second-order valence-corrected chi connectivity index (χ2v) is 11.0. The fourth-order valence-electron chi connectivity index (χ4n) is 9.32. The van der Waals surface area contributed by atoms with Crippen molar-refractivity contribution >= 4 is 0 Å². The lowest BCUT2D eigenvalue weighted by Gasteiger charge is -2.61. The van der Waals surface area contributed by atoms with E-state index in [1.165, 1.54) is 51.4 Å². The molecule has 0 aromatic heterocycles. The van der Waals surface area contributed by atoms with Gasteiger partial charge in [-0.3, -0.25) is 4.90 Å². The van der Waals surface area contributed by atoms with Crippen LogP contribution in [0, 0.1) is 35.0 Å². The summed E-state index contributed by atoms with van der Waals surface area (Å²) >= 11 is 0. The number of hydrogen-bond acceptors (Lipinski definition) is 1. The van der Waals surface area contributed by atoms with Gasteiger partial charge in [0, 0.05) is 12.1 Å². The summed E-state index contributed by atoms with van der Waals surface area (Å²) in [6.45, 7) is 2.79. The Morgan fingerprint density at radius 2 is 1.28 bits per heavy atom. The predicted octanol–water partition coefficient (Wildman–Crippen LogP) is 6.27. The molecule has 142 valence electrons. The molecule has 0 aromatic rings. The number of hydrogen-bond donors (Lipinski definition) is 0. The lowest BCUT2D eigenvalue weighted by Crippen LogP contribution is -2.64. The molecule has 4 saturated carbocycles. The molecule has 5 rings (SSSR count). The number of nitrogens with zero attached hydrogens (tertiary/aromatic N) is 1. The van der Waals surface area contributed by atoms with Gasteiger partial charge in [-0.2, -0.15) is 0 Å². The van der Waals surface area contributed by atoms with E-state index in [0.29, 0.717) is 5.41 Å². The monoisotopic (exact) mass is 343 g/mol. The summed E-state index contributed by atoms with van der Waals surface area (Å²) in [6.07, 6.45) is 21.5. The van der Waals surface area contributed by atoms with Crippen LogP contribution in [0.1, 0.15) is 96.8 Å². The van der Waals surface area contributed by atoms with Gasteiger partial charge in [0.2, 0.25) is 0 Å². The first-order valence-electron chi connectivity index (χ1n) is 11.9. The van der Waals surface area contributed by atoms with Crippen LogP contribution in [0.25, 0.3) is 0 Å². The minimum Gasteiger partial charge on any atom is -0.299 e. The quantitative estimate of drug-likeness (QED) is 0.542. The summed E-state index contributed by atoms with van der Waals surface area (Å²) in [7, 11) is 2.56. The number of piperidine rings is 1. The molecular weight excluding hydrogens is 302 g/mol. The first-order valence-corrected chi connectivity index (χ1v) is 11.9. The number of likely N-dealkylation sites (tertiary alicyclic amines) is 1. The van der Waals surface area contributed by atoms with Gasteiger partial charge in [0.15, 0.2) is 0 Å². The minimum absolute atomic E-state index is 0.634. The normalized spacial score (nSPS) is 51.6. The van der Waals surface area contributed by atoms with Crippen molar-refractivity contribution in [2.75, 3.05) is 7.05 Å². The molecule has 0 bridgehead atoms. The highest BCUT2D eigenvalue weighted by Crippen LogP contribution is 2.65. The summed E-state index contributed by atoms with van der Waals surface area (Å²) in [5.41, 5.74) is 0.634. The van der Waals surface area contributed by atoms with Crippen molar-refractivity contribution in [2.45, 2.75) is 109 Å². The summed E-state index contributed by atoms with van der Waals surface area (Å²) < 4.78 is 0. The van der Waals surface area contributed by atoms with Crippen LogP contribution in [-0.2, 0) is 0 Å². The largest absolute Gasteiger partial charge is 0.299 e. The van der Waals surface area contributed by atoms with Gasteiger partial charge in [-0.1, -0.05) is 71.1 Å². The lowest BCUT2D eigenvalue weighted by atomic mass is 9.53. The second kappa shape index (κ2) is 6.54. The first-order chi connectivity index (χ1) is 12.2. The first kappa shape index (κ1) is 17.1. The molecule has 7 atom stereocenters. The average molecular weight is 344 g/mol.